The molecule has 4 nitrogen and oxygen atoms in total. The van der Waals surface area contributed by atoms with Crippen LogP contribution in [0.5, 0.6) is 0 Å². The molecule has 5 heteroatoms. The number of nitrogens with zero attached hydrogens (tertiary/aromatic N) is 2. The van der Waals surface area contributed by atoms with E-state index in [-0.39, 0.29) is 12.5 Å². The van der Waals surface area contributed by atoms with Gasteiger partial charge < -0.3 is 10.0 Å². The highest BCUT2D eigenvalue weighted by molar-refractivity contribution is 6.32. The van der Waals surface area contributed by atoms with E-state index in [0.29, 0.717) is 10.7 Å². The molecule has 22 heavy (non-hydrogen) atoms. The summed E-state index contributed by atoms with van der Waals surface area (Å²) in [7, 11) is 1.68. The van der Waals surface area contributed by atoms with Crippen molar-refractivity contribution in [3.05, 3.63) is 64.7 Å². The number of aliphatic hydroxyl groups is 1. The van der Waals surface area contributed by atoms with Crippen LogP contribution in [0, 0.1) is 0 Å². The molecule has 0 aliphatic carbocycles. The van der Waals surface area contributed by atoms with Crippen LogP contribution in [0.4, 0.5) is 5.69 Å². The highest BCUT2D eigenvalue weighted by Crippen LogP contribution is 2.30. The van der Waals surface area contributed by atoms with Crippen molar-refractivity contribution in [1.82, 2.24) is 0 Å². The molecule has 2 aromatic rings. The molecule has 0 saturated heterocycles. The number of halogens is 1. The van der Waals surface area contributed by atoms with Gasteiger partial charge in [0.05, 0.1) is 18.0 Å². The maximum atomic E-state index is 12.4. The third-order valence-electron chi connectivity index (χ3n) is 3.70. The Morgan fingerprint density at radius 1 is 1.23 bits per heavy atom. The largest absolute Gasteiger partial charge is 0.394 e. The van der Waals surface area contributed by atoms with E-state index in [9.17, 15) is 9.90 Å². The smallest absolute Gasteiger partial charge is 0.253 e. The fraction of sp³-hybridized carbons (Fsp3) is 0.176. The van der Waals surface area contributed by atoms with Crippen LogP contribution in [-0.2, 0) is 4.79 Å². The Hall–Kier alpha value is -2.17. The van der Waals surface area contributed by atoms with Gasteiger partial charge in [-0.15, -0.1) is 0 Å². The minimum Gasteiger partial charge on any atom is -0.394 e. The van der Waals surface area contributed by atoms with Gasteiger partial charge in [0.2, 0.25) is 0 Å². The summed E-state index contributed by atoms with van der Waals surface area (Å²) in [6.07, 6.45) is 0. The zero-order valence-electron chi connectivity index (χ0n) is 12.0. The lowest BCUT2D eigenvalue weighted by Crippen LogP contribution is -2.36. The molecular weight excluding hydrogens is 300 g/mol. The number of carbonyl (C=O) groups excluding carboxylic acids is 1. The van der Waals surface area contributed by atoms with E-state index in [0.717, 1.165) is 16.8 Å². The molecule has 112 valence electrons. The Bertz CT molecular complexity index is 744. The summed E-state index contributed by atoms with van der Waals surface area (Å²) in [4.78, 5) is 18.4. The molecule has 1 amide bonds. The van der Waals surface area contributed by atoms with Gasteiger partial charge in [-0.25, -0.2) is 0 Å². The Labute approximate surface area is 133 Å². The Morgan fingerprint density at radius 3 is 2.64 bits per heavy atom. The number of likely N-dealkylation sites (N-methyl/N-ethyl adjacent to an activating group) is 1. The normalized spacial score (nSPS) is 17.8. The summed E-state index contributed by atoms with van der Waals surface area (Å²) in [5.74, 6) is -0.239. The minimum absolute atomic E-state index is 0.239. The van der Waals surface area contributed by atoms with E-state index in [2.05, 4.69) is 4.99 Å². The first kappa shape index (κ1) is 14.8. The average Bonchev–Trinajstić information content (AvgIpc) is 2.64. The van der Waals surface area contributed by atoms with Crippen LogP contribution < -0.4 is 4.90 Å². The number of hydrogen-bond acceptors (Lipinski definition) is 3. The number of benzodiazepines with no additional fused rings is 1. The minimum atomic E-state index is -0.814. The summed E-state index contributed by atoms with van der Waals surface area (Å²) < 4.78 is 0. The van der Waals surface area contributed by atoms with Crippen LogP contribution in [0.3, 0.4) is 0 Å². The Kier molecular flexibility index (Phi) is 3.96. The van der Waals surface area contributed by atoms with E-state index >= 15 is 0 Å². The SMILES string of the molecule is CN1C(=O)C(CO)N=C(c2ccccc2)c2cc(Cl)ccc21. The third kappa shape index (κ3) is 2.51. The molecule has 2 aromatic carbocycles. The number of hydrogen-bond donors (Lipinski definition) is 1. The number of aliphatic hydroxyl groups excluding tert-OH is 1. The lowest BCUT2D eigenvalue weighted by atomic mass is 10.0. The van der Waals surface area contributed by atoms with Crippen molar-refractivity contribution in [2.45, 2.75) is 6.04 Å². The third-order valence-corrected chi connectivity index (χ3v) is 3.93. The molecule has 1 unspecified atom stereocenters. The van der Waals surface area contributed by atoms with Crippen LogP contribution in [0.2, 0.25) is 5.02 Å². The standard InChI is InChI=1S/C17H15ClN2O2/c1-20-15-8-7-12(18)9-13(15)16(11-5-3-2-4-6-11)19-14(10-21)17(20)22/h2-9,14,21H,10H2,1H3. The molecule has 0 bridgehead atoms. The van der Waals surface area contributed by atoms with E-state index < -0.39 is 6.04 Å². The molecule has 1 aliphatic heterocycles. The van der Waals surface area contributed by atoms with Crippen molar-refractivity contribution in [2.75, 3.05) is 18.6 Å². The molecule has 1 N–H and O–H groups in total. The summed E-state index contributed by atoms with van der Waals surface area (Å²) in [5.41, 5.74) is 3.06. The lowest BCUT2D eigenvalue weighted by molar-refractivity contribution is -0.120. The van der Waals surface area contributed by atoms with E-state index in [1.165, 1.54) is 4.90 Å². The van der Waals surface area contributed by atoms with Gasteiger partial charge in [0, 0.05) is 23.2 Å². The van der Waals surface area contributed by atoms with Crippen molar-refractivity contribution in [3.63, 3.8) is 0 Å². The van der Waals surface area contributed by atoms with Crippen molar-refractivity contribution < 1.29 is 9.90 Å². The maximum Gasteiger partial charge on any atom is 0.253 e. The van der Waals surface area contributed by atoms with Gasteiger partial charge in [-0.05, 0) is 18.2 Å². The van der Waals surface area contributed by atoms with Crippen molar-refractivity contribution in [2.24, 2.45) is 4.99 Å². The number of anilines is 1. The highest BCUT2D eigenvalue weighted by Gasteiger charge is 2.29. The quantitative estimate of drug-likeness (QED) is 0.926. The monoisotopic (exact) mass is 314 g/mol. The average molecular weight is 315 g/mol. The van der Waals surface area contributed by atoms with E-state index in [1.54, 1.807) is 25.2 Å². The van der Waals surface area contributed by atoms with Crippen molar-refractivity contribution in [1.29, 1.82) is 0 Å². The van der Waals surface area contributed by atoms with Gasteiger partial charge in [0.1, 0.15) is 0 Å². The highest BCUT2D eigenvalue weighted by atomic mass is 35.5. The molecule has 0 spiro atoms. The van der Waals surface area contributed by atoms with Crippen LogP contribution >= 0.6 is 11.6 Å². The van der Waals surface area contributed by atoms with Gasteiger partial charge in [-0.2, -0.15) is 0 Å². The Morgan fingerprint density at radius 2 is 1.95 bits per heavy atom. The van der Waals surface area contributed by atoms with Gasteiger partial charge in [0.15, 0.2) is 6.04 Å². The number of fused-ring (bicyclic) bond motifs is 1. The van der Waals surface area contributed by atoms with Gasteiger partial charge in [-0.3, -0.25) is 9.79 Å². The molecule has 1 aliphatic rings. The van der Waals surface area contributed by atoms with Crippen LogP contribution in [0.15, 0.2) is 53.5 Å². The first-order valence-corrected chi connectivity index (χ1v) is 7.31. The van der Waals surface area contributed by atoms with Crippen molar-refractivity contribution in [3.8, 4) is 0 Å². The molecule has 0 fully saturated rings. The van der Waals surface area contributed by atoms with Gasteiger partial charge in [0.25, 0.3) is 5.91 Å². The lowest BCUT2D eigenvalue weighted by Gasteiger charge is -2.19. The second-order valence-electron chi connectivity index (χ2n) is 5.10. The molecule has 0 radical (unpaired) electrons. The number of aliphatic imine (C=N–C) groups is 1. The molecular formula is C17H15ClN2O2. The maximum absolute atomic E-state index is 12.4. The summed E-state index contributed by atoms with van der Waals surface area (Å²) in [5, 5.41) is 10.1. The second-order valence-corrected chi connectivity index (χ2v) is 5.54. The summed E-state index contributed by atoms with van der Waals surface area (Å²) in [6, 6.07) is 14.1. The van der Waals surface area contributed by atoms with Gasteiger partial charge in [-0.1, -0.05) is 41.9 Å². The van der Waals surface area contributed by atoms with E-state index in [4.69, 9.17) is 11.6 Å². The molecule has 1 heterocycles. The predicted octanol–water partition coefficient (Wildman–Crippen LogP) is 2.51. The first-order valence-electron chi connectivity index (χ1n) is 6.93. The van der Waals surface area contributed by atoms with Crippen LogP contribution in [0.25, 0.3) is 0 Å². The molecule has 0 aromatic heterocycles. The zero-order chi connectivity index (χ0) is 15.7. The first-order chi connectivity index (χ1) is 10.6. The number of amides is 1. The molecule has 0 saturated carbocycles. The fourth-order valence-electron chi connectivity index (χ4n) is 2.56. The number of carbonyl (C=O) groups is 1. The van der Waals surface area contributed by atoms with Gasteiger partial charge >= 0.3 is 0 Å². The van der Waals surface area contributed by atoms with Crippen LogP contribution in [-0.4, -0.2) is 36.4 Å². The Balaban J connectivity index is 2.27. The molecule has 1 atom stereocenters. The van der Waals surface area contributed by atoms with E-state index in [1.807, 2.05) is 30.3 Å². The summed E-state index contributed by atoms with van der Waals surface area (Å²) >= 11 is 6.13. The zero-order valence-corrected chi connectivity index (χ0v) is 12.8. The number of benzene rings is 2. The molecule has 3 rings (SSSR count). The second kappa shape index (κ2) is 5.91. The topological polar surface area (TPSA) is 52.9 Å². The summed E-state index contributed by atoms with van der Waals surface area (Å²) in [6.45, 7) is -0.332. The predicted molar refractivity (Wildman–Crippen MR) is 87.8 cm³/mol. The van der Waals surface area contributed by atoms with Crippen LogP contribution in [0.1, 0.15) is 11.1 Å². The van der Waals surface area contributed by atoms with Crippen molar-refractivity contribution >= 4 is 28.9 Å². The fourth-order valence-corrected chi connectivity index (χ4v) is 2.73. The number of rotatable bonds is 2.